The molecule has 1 amide bonds. The van der Waals surface area contributed by atoms with E-state index in [1.54, 1.807) is 4.31 Å². The van der Waals surface area contributed by atoms with Crippen molar-refractivity contribution in [2.75, 3.05) is 6.54 Å². The van der Waals surface area contributed by atoms with Crippen LogP contribution in [0.15, 0.2) is 29.2 Å². The number of hydrogen-bond donors (Lipinski definition) is 1. The number of sulfonamides is 1. The van der Waals surface area contributed by atoms with Crippen molar-refractivity contribution in [3.8, 4) is 0 Å². The molecule has 2 aliphatic rings. The topological polar surface area (TPSA) is 107 Å². The fraction of sp³-hybridized carbons (Fsp3) is 0.600. The molecule has 154 valence electrons. The molecule has 1 aliphatic heterocycles. The first kappa shape index (κ1) is 20.8. The predicted molar refractivity (Wildman–Crippen MR) is 104 cm³/mol. The number of amides is 1. The van der Waals surface area contributed by atoms with Crippen LogP contribution in [-0.2, 0) is 19.6 Å². The van der Waals surface area contributed by atoms with E-state index >= 15 is 0 Å². The van der Waals surface area contributed by atoms with Gasteiger partial charge in [-0.3, -0.25) is 4.79 Å². The Morgan fingerprint density at radius 3 is 2.57 bits per heavy atom. The quantitative estimate of drug-likeness (QED) is 0.753. The molecule has 3 atom stereocenters. The zero-order chi connectivity index (χ0) is 20.9. The first-order valence-corrected chi connectivity index (χ1v) is 10.9. The van der Waals surface area contributed by atoms with Gasteiger partial charge in [-0.1, -0.05) is 26.8 Å². The second-order valence-electron chi connectivity index (χ2n) is 9.24. The molecule has 0 spiro atoms. The monoisotopic (exact) mass is 408 g/mol. The lowest BCUT2D eigenvalue weighted by molar-refractivity contribution is -0.125. The van der Waals surface area contributed by atoms with Gasteiger partial charge in [-0.15, -0.1) is 0 Å². The van der Waals surface area contributed by atoms with Crippen molar-refractivity contribution in [2.24, 2.45) is 16.6 Å². The molecule has 28 heavy (non-hydrogen) atoms. The summed E-state index contributed by atoms with van der Waals surface area (Å²) in [6.07, 6.45) is 1.57. The first-order chi connectivity index (χ1) is 12.8. The number of carbonyl (C=O) groups excluding carboxylic acids is 2. The number of benzene rings is 1. The van der Waals surface area contributed by atoms with E-state index in [-0.39, 0.29) is 27.3 Å². The molecule has 1 saturated heterocycles. The van der Waals surface area contributed by atoms with E-state index in [1.807, 2.05) is 0 Å². The number of primary amides is 1. The van der Waals surface area contributed by atoms with Crippen molar-refractivity contribution < 1.29 is 22.7 Å². The smallest absolute Gasteiger partial charge is 0.338 e. The molecular weight excluding hydrogens is 380 g/mol. The predicted octanol–water partition coefficient (Wildman–Crippen LogP) is 2.31. The molecule has 1 heterocycles. The van der Waals surface area contributed by atoms with Crippen LogP contribution in [0.25, 0.3) is 0 Å². The third-order valence-corrected chi connectivity index (χ3v) is 7.62. The summed E-state index contributed by atoms with van der Waals surface area (Å²) >= 11 is 0. The summed E-state index contributed by atoms with van der Waals surface area (Å²) in [5, 5.41) is 0. The Bertz CT molecular complexity index is 911. The van der Waals surface area contributed by atoms with Crippen molar-refractivity contribution in [1.82, 2.24) is 4.31 Å². The lowest BCUT2D eigenvalue weighted by Gasteiger charge is -2.39. The second-order valence-corrected chi connectivity index (χ2v) is 11.1. The van der Waals surface area contributed by atoms with Crippen LogP contribution in [0.1, 0.15) is 57.3 Å². The van der Waals surface area contributed by atoms with E-state index in [2.05, 4.69) is 20.8 Å². The number of fused-ring (bicyclic) bond motifs is 2. The average molecular weight is 409 g/mol. The highest BCUT2D eigenvalue weighted by Crippen LogP contribution is 2.53. The minimum absolute atomic E-state index is 0.0348. The number of ether oxygens (including phenoxy) is 1. The van der Waals surface area contributed by atoms with Gasteiger partial charge >= 0.3 is 5.97 Å². The van der Waals surface area contributed by atoms with Crippen molar-refractivity contribution in [1.29, 1.82) is 0 Å². The molecule has 0 unspecified atom stereocenters. The molecule has 2 fully saturated rings. The van der Waals surface area contributed by atoms with Gasteiger partial charge in [0, 0.05) is 12.6 Å². The normalized spacial score (nSPS) is 27.9. The Labute approximate surface area is 166 Å². The average Bonchev–Trinajstić information content (AvgIpc) is 2.84. The van der Waals surface area contributed by atoms with E-state index in [0.717, 1.165) is 19.3 Å². The molecule has 0 aromatic heterocycles. The van der Waals surface area contributed by atoms with Gasteiger partial charge in [-0.2, -0.15) is 4.31 Å². The molecule has 2 N–H and O–H groups in total. The van der Waals surface area contributed by atoms with Crippen molar-refractivity contribution in [3.05, 3.63) is 29.8 Å². The van der Waals surface area contributed by atoms with Crippen LogP contribution in [0.2, 0.25) is 0 Å². The standard InChI is InChI=1S/C20H28N2O5S/c1-13(17(21)23)27-18(24)14-6-5-7-16(8-14)28(25,26)22-12-20(4)10-15(22)9-19(2,3)11-20/h5-8,13,15H,9-12H2,1-4H3,(H2,21,23)/t13-,15-,20+/m1/s1. The van der Waals surface area contributed by atoms with Crippen LogP contribution in [-0.4, -0.2) is 43.3 Å². The summed E-state index contributed by atoms with van der Waals surface area (Å²) in [4.78, 5) is 23.4. The fourth-order valence-corrected chi connectivity index (χ4v) is 6.72. The number of nitrogens with two attached hydrogens (primary N) is 1. The van der Waals surface area contributed by atoms with Gasteiger partial charge in [-0.05, 0) is 55.2 Å². The zero-order valence-electron chi connectivity index (χ0n) is 16.8. The van der Waals surface area contributed by atoms with Gasteiger partial charge in [-0.25, -0.2) is 13.2 Å². The van der Waals surface area contributed by atoms with E-state index in [9.17, 15) is 18.0 Å². The Hall–Kier alpha value is -1.93. The molecule has 8 heteroatoms. The Morgan fingerprint density at radius 1 is 1.25 bits per heavy atom. The van der Waals surface area contributed by atoms with Crippen molar-refractivity contribution >= 4 is 21.9 Å². The Kier molecular flexibility index (Phi) is 5.08. The van der Waals surface area contributed by atoms with Crippen LogP contribution in [0.3, 0.4) is 0 Å². The SMILES string of the molecule is C[C@@H](OC(=O)c1cccc(S(=O)(=O)N2C[C@@]3(C)C[C@H]2CC(C)(C)C3)c1)C(N)=O. The molecule has 0 radical (unpaired) electrons. The summed E-state index contributed by atoms with van der Waals surface area (Å²) in [5.41, 5.74) is 5.24. The van der Waals surface area contributed by atoms with Gasteiger partial charge < -0.3 is 10.5 Å². The van der Waals surface area contributed by atoms with Gasteiger partial charge in [0.05, 0.1) is 10.5 Å². The maximum atomic E-state index is 13.3. The minimum Gasteiger partial charge on any atom is -0.449 e. The van der Waals surface area contributed by atoms with Gasteiger partial charge in [0.2, 0.25) is 10.0 Å². The highest BCUT2D eigenvalue weighted by Gasteiger charge is 2.53. The minimum atomic E-state index is -3.75. The van der Waals surface area contributed by atoms with E-state index in [4.69, 9.17) is 10.5 Å². The lowest BCUT2D eigenvalue weighted by Crippen LogP contribution is -2.37. The van der Waals surface area contributed by atoms with Crippen LogP contribution in [0.4, 0.5) is 0 Å². The third kappa shape index (κ3) is 3.93. The molecule has 1 aromatic carbocycles. The summed E-state index contributed by atoms with van der Waals surface area (Å²) in [5.74, 6) is -1.55. The fourth-order valence-electron chi connectivity index (χ4n) is 4.89. The lowest BCUT2D eigenvalue weighted by atomic mass is 9.65. The van der Waals surface area contributed by atoms with E-state index in [1.165, 1.54) is 31.2 Å². The Balaban J connectivity index is 1.87. The van der Waals surface area contributed by atoms with E-state index < -0.39 is 28.0 Å². The largest absolute Gasteiger partial charge is 0.449 e. The number of hydrogen-bond acceptors (Lipinski definition) is 5. The van der Waals surface area contributed by atoms with Crippen molar-refractivity contribution in [3.63, 3.8) is 0 Å². The van der Waals surface area contributed by atoms with Crippen LogP contribution in [0, 0.1) is 10.8 Å². The van der Waals surface area contributed by atoms with Crippen molar-refractivity contribution in [2.45, 2.75) is 64.0 Å². The molecule has 1 saturated carbocycles. The molecule has 1 aliphatic carbocycles. The van der Waals surface area contributed by atoms with Gasteiger partial charge in [0.25, 0.3) is 5.91 Å². The van der Waals surface area contributed by atoms with Crippen LogP contribution < -0.4 is 5.73 Å². The molecule has 1 aromatic rings. The number of carbonyl (C=O) groups is 2. The summed E-state index contributed by atoms with van der Waals surface area (Å²) in [6, 6.07) is 5.72. The maximum Gasteiger partial charge on any atom is 0.338 e. The second kappa shape index (κ2) is 6.84. The van der Waals surface area contributed by atoms with Crippen LogP contribution in [0.5, 0.6) is 0 Å². The molecule has 3 rings (SSSR count). The molecule has 2 bridgehead atoms. The summed E-state index contributed by atoms with van der Waals surface area (Å²) in [6.45, 7) is 8.37. The van der Waals surface area contributed by atoms with Gasteiger partial charge in [0.15, 0.2) is 6.10 Å². The Morgan fingerprint density at radius 2 is 1.93 bits per heavy atom. The number of rotatable bonds is 5. The highest BCUT2D eigenvalue weighted by molar-refractivity contribution is 7.89. The third-order valence-electron chi connectivity index (χ3n) is 5.73. The summed E-state index contributed by atoms with van der Waals surface area (Å²) in [7, 11) is -3.75. The molecular formula is C20H28N2O5S. The van der Waals surface area contributed by atoms with Crippen LogP contribution >= 0.6 is 0 Å². The first-order valence-electron chi connectivity index (χ1n) is 9.45. The molecule has 7 nitrogen and oxygen atoms in total. The maximum absolute atomic E-state index is 13.3. The van der Waals surface area contributed by atoms with E-state index in [0.29, 0.717) is 6.54 Å². The van der Waals surface area contributed by atoms with Gasteiger partial charge in [0.1, 0.15) is 0 Å². The zero-order valence-corrected chi connectivity index (χ0v) is 17.6. The summed E-state index contributed by atoms with van der Waals surface area (Å²) < 4.78 is 33.2. The number of nitrogens with zero attached hydrogens (tertiary/aromatic N) is 1. The number of esters is 1. The highest BCUT2D eigenvalue weighted by atomic mass is 32.2.